The monoisotopic (exact) mass is 499 g/mol. The molecule has 0 unspecified atom stereocenters. The van der Waals surface area contributed by atoms with Gasteiger partial charge in [-0.1, -0.05) is 49.2 Å². The summed E-state index contributed by atoms with van der Waals surface area (Å²) in [5, 5.41) is 15.2. The zero-order valence-corrected chi connectivity index (χ0v) is 20.3. The number of hydrogen-bond donors (Lipinski definition) is 2. The minimum absolute atomic E-state index is 0.0978. The third-order valence-corrected chi connectivity index (χ3v) is 8.49. The molecular formula is C27H25N5O3S. The SMILES string of the molecule is O=S(=O)(c1ccccc1)n1cc(-c2cncc3cnc(N[C@@H]4CCCC[C@@H]4O)nc23)c2ccccc21. The molecule has 182 valence electrons. The first-order chi connectivity index (χ1) is 17.5. The van der Waals surface area contributed by atoms with Crippen LogP contribution in [0.15, 0.2) is 84.3 Å². The van der Waals surface area contributed by atoms with Crippen LogP contribution in [0.4, 0.5) is 5.95 Å². The number of benzene rings is 2. The highest BCUT2D eigenvalue weighted by Crippen LogP contribution is 2.36. The summed E-state index contributed by atoms with van der Waals surface area (Å²) in [7, 11) is -3.82. The van der Waals surface area contributed by atoms with Crippen molar-refractivity contribution in [3.05, 3.63) is 79.4 Å². The van der Waals surface area contributed by atoms with Gasteiger partial charge >= 0.3 is 0 Å². The van der Waals surface area contributed by atoms with Gasteiger partial charge in [-0.2, -0.15) is 0 Å². The topological polar surface area (TPSA) is 110 Å². The largest absolute Gasteiger partial charge is 0.391 e. The third kappa shape index (κ3) is 3.90. The molecule has 8 nitrogen and oxygen atoms in total. The number of fused-ring (bicyclic) bond motifs is 2. The van der Waals surface area contributed by atoms with E-state index in [0.29, 0.717) is 28.1 Å². The number of nitrogens with zero attached hydrogens (tertiary/aromatic N) is 4. The summed E-state index contributed by atoms with van der Waals surface area (Å²) in [6, 6.07) is 15.7. The van der Waals surface area contributed by atoms with Crippen LogP contribution in [0, 0.1) is 0 Å². The second-order valence-electron chi connectivity index (χ2n) is 9.09. The molecule has 2 N–H and O–H groups in total. The van der Waals surface area contributed by atoms with Crippen LogP contribution in [0.1, 0.15) is 25.7 Å². The first-order valence-corrected chi connectivity index (χ1v) is 13.4. The lowest BCUT2D eigenvalue weighted by molar-refractivity contribution is 0.116. The lowest BCUT2D eigenvalue weighted by atomic mass is 9.93. The average Bonchev–Trinajstić information content (AvgIpc) is 3.31. The smallest absolute Gasteiger partial charge is 0.268 e. The number of pyridine rings is 1. The molecule has 3 heterocycles. The van der Waals surface area contributed by atoms with Gasteiger partial charge in [0.05, 0.1) is 28.1 Å². The zero-order valence-electron chi connectivity index (χ0n) is 19.4. The molecule has 1 saturated carbocycles. The Bertz CT molecular complexity index is 1670. The second-order valence-corrected chi connectivity index (χ2v) is 10.9. The summed E-state index contributed by atoms with van der Waals surface area (Å²) in [6.45, 7) is 0. The van der Waals surface area contributed by atoms with Gasteiger partial charge in [-0.3, -0.25) is 4.98 Å². The van der Waals surface area contributed by atoms with E-state index >= 15 is 0 Å². The van der Waals surface area contributed by atoms with E-state index in [4.69, 9.17) is 4.98 Å². The Kier molecular flexibility index (Phi) is 5.66. The minimum atomic E-state index is -3.82. The van der Waals surface area contributed by atoms with Crippen molar-refractivity contribution in [3.63, 3.8) is 0 Å². The van der Waals surface area contributed by atoms with Crippen LogP contribution >= 0.6 is 0 Å². The lowest BCUT2D eigenvalue weighted by Crippen LogP contribution is -2.36. The van der Waals surface area contributed by atoms with Crippen molar-refractivity contribution in [2.45, 2.75) is 42.7 Å². The predicted octanol–water partition coefficient (Wildman–Crippen LogP) is 4.60. The highest BCUT2D eigenvalue weighted by atomic mass is 32.2. The normalized spacial score (nSPS) is 18.5. The molecule has 3 aromatic heterocycles. The molecular weight excluding hydrogens is 474 g/mol. The van der Waals surface area contributed by atoms with Crippen molar-refractivity contribution in [1.29, 1.82) is 0 Å². The Hall–Kier alpha value is -3.82. The van der Waals surface area contributed by atoms with E-state index < -0.39 is 16.1 Å². The molecule has 2 atom stereocenters. The third-order valence-electron chi connectivity index (χ3n) is 6.80. The molecule has 1 aliphatic carbocycles. The van der Waals surface area contributed by atoms with Crippen molar-refractivity contribution in [2.75, 3.05) is 5.32 Å². The molecule has 0 saturated heterocycles. The van der Waals surface area contributed by atoms with Gasteiger partial charge in [-0.25, -0.2) is 22.4 Å². The van der Waals surface area contributed by atoms with E-state index in [0.717, 1.165) is 36.5 Å². The first kappa shape index (κ1) is 22.6. The second kappa shape index (κ2) is 9.00. The molecule has 0 bridgehead atoms. The van der Waals surface area contributed by atoms with Crippen molar-refractivity contribution in [1.82, 2.24) is 18.9 Å². The van der Waals surface area contributed by atoms with E-state index in [-0.39, 0.29) is 10.9 Å². The van der Waals surface area contributed by atoms with Crippen LogP contribution in [-0.4, -0.2) is 44.6 Å². The fourth-order valence-corrected chi connectivity index (χ4v) is 6.33. The number of para-hydroxylation sites is 1. The molecule has 1 fully saturated rings. The molecule has 6 rings (SSSR count). The standard InChI is InChI=1S/C27H25N5O3S/c33-25-13-7-5-11-23(25)30-27-29-15-18-14-28-16-21(26(18)31-27)22-17-32(24-12-6-4-10-20(22)24)36(34,35)19-8-2-1-3-9-19/h1-4,6,8-10,12,14-17,23,25,33H,5,7,11,13H2,(H,29,30,31)/t23-,25+/m1/s1. The summed E-state index contributed by atoms with van der Waals surface area (Å²) >= 11 is 0. The van der Waals surface area contributed by atoms with E-state index in [2.05, 4.69) is 15.3 Å². The summed E-state index contributed by atoms with van der Waals surface area (Å²) in [5.74, 6) is 0.432. The van der Waals surface area contributed by atoms with Crippen molar-refractivity contribution < 1.29 is 13.5 Å². The van der Waals surface area contributed by atoms with Gasteiger partial charge in [0.2, 0.25) is 5.95 Å². The van der Waals surface area contributed by atoms with Crippen molar-refractivity contribution >= 4 is 37.8 Å². The van der Waals surface area contributed by atoms with Gasteiger partial charge in [0.1, 0.15) is 0 Å². The fraction of sp³-hybridized carbons (Fsp3) is 0.222. The molecule has 1 aliphatic rings. The van der Waals surface area contributed by atoms with E-state index in [9.17, 15) is 13.5 Å². The number of aliphatic hydroxyl groups excluding tert-OH is 1. The van der Waals surface area contributed by atoms with Gasteiger partial charge in [-0.05, 0) is 31.0 Å². The Morgan fingerprint density at radius 2 is 1.69 bits per heavy atom. The number of aromatic nitrogens is 4. The number of rotatable bonds is 5. The Morgan fingerprint density at radius 3 is 2.53 bits per heavy atom. The summed E-state index contributed by atoms with van der Waals surface area (Å²) in [4.78, 5) is 13.8. The Balaban J connectivity index is 1.50. The zero-order chi connectivity index (χ0) is 24.7. The van der Waals surface area contributed by atoms with Crippen molar-refractivity contribution in [3.8, 4) is 11.1 Å². The Morgan fingerprint density at radius 1 is 0.917 bits per heavy atom. The average molecular weight is 500 g/mol. The van der Waals surface area contributed by atoms with Gasteiger partial charge < -0.3 is 10.4 Å². The molecule has 0 amide bonds. The summed E-state index contributed by atoms with van der Waals surface area (Å²) in [5.41, 5.74) is 2.66. The molecule has 9 heteroatoms. The molecule has 36 heavy (non-hydrogen) atoms. The summed E-state index contributed by atoms with van der Waals surface area (Å²) in [6.07, 6.45) is 9.99. The molecule has 0 spiro atoms. The van der Waals surface area contributed by atoms with Crippen LogP contribution < -0.4 is 5.32 Å². The number of nitrogens with one attached hydrogen (secondary N) is 1. The van der Waals surface area contributed by atoms with Gasteiger partial charge in [0, 0.05) is 46.7 Å². The van der Waals surface area contributed by atoms with E-state index in [1.165, 1.54) is 3.97 Å². The summed E-state index contributed by atoms with van der Waals surface area (Å²) < 4.78 is 28.4. The van der Waals surface area contributed by atoms with Crippen molar-refractivity contribution in [2.24, 2.45) is 0 Å². The number of anilines is 1. The maximum Gasteiger partial charge on any atom is 0.268 e. The lowest BCUT2D eigenvalue weighted by Gasteiger charge is -2.28. The molecule has 0 radical (unpaired) electrons. The molecule has 2 aromatic carbocycles. The number of hydrogen-bond acceptors (Lipinski definition) is 7. The molecule has 0 aliphatic heterocycles. The maximum absolute atomic E-state index is 13.6. The Labute approximate surface area is 208 Å². The highest BCUT2D eigenvalue weighted by Gasteiger charge is 2.25. The maximum atomic E-state index is 13.6. The van der Waals surface area contributed by atoms with Crippen LogP contribution in [0.3, 0.4) is 0 Å². The van der Waals surface area contributed by atoms with Crippen LogP contribution in [0.2, 0.25) is 0 Å². The minimum Gasteiger partial charge on any atom is -0.391 e. The fourth-order valence-electron chi connectivity index (χ4n) is 4.94. The predicted molar refractivity (Wildman–Crippen MR) is 139 cm³/mol. The van der Waals surface area contributed by atoms with E-state index in [1.54, 1.807) is 61.2 Å². The van der Waals surface area contributed by atoms with Gasteiger partial charge in [-0.15, -0.1) is 0 Å². The highest BCUT2D eigenvalue weighted by molar-refractivity contribution is 7.90. The van der Waals surface area contributed by atoms with Crippen LogP contribution in [0.5, 0.6) is 0 Å². The van der Waals surface area contributed by atoms with Gasteiger partial charge in [0.25, 0.3) is 10.0 Å². The molecule has 5 aromatic rings. The van der Waals surface area contributed by atoms with Crippen LogP contribution in [-0.2, 0) is 10.0 Å². The quantitative estimate of drug-likeness (QED) is 0.364. The van der Waals surface area contributed by atoms with E-state index in [1.807, 2.05) is 18.2 Å². The first-order valence-electron chi connectivity index (χ1n) is 12.0. The van der Waals surface area contributed by atoms with Gasteiger partial charge in [0.15, 0.2) is 0 Å². The number of aliphatic hydroxyl groups is 1. The van der Waals surface area contributed by atoms with Crippen LogP contribution in [0.25, 0.3) is 32.9 Å².